The van der Waals surface area contributed by atoms with Crippen molar-refractivity contribution >= 4 is 49.2 Å². The Bertz CT molecular complexity index is 834. The van der Waals surface area contributed by atoms with Crippen molar-refractivity contribution in [2.45, 2.75) is 23.9 Å². The molecule has 1 aliphatic heterocycles. The van der Waals surface area contributed by atoms with E-state index in [-0.39, 0.29) is 24.1 Å². The average molecular weight is 453 g/mol. The summed E-state index contributed by atoms with van der Waals surface area (Å²) in [5.74, 6) is -2.45. The summed E-state index contributed by atoms with van der Waals surface area (Å²) >= 11 is 9.08. The number of nitrogens with one attached hydrogen (secondary N) is 1. The molecule has 1 atom stereocenters. The molecule has 136 valence electrons. The van der Waals surface area contributed by atoms with Crippen LogP contribution in [-0.2, 0) is 24.3 Å². The van der Waals surface area contributed by atoms with E-state index in [4.69, 9.17) is 21.1 Å². The van der Waals surface area contributed by atoms with Crippen molar-refractivity contribution in [1.82, 2.24) is 0 Å². The number of hydrogen-bond acceptors (Lipinski definition) is 5. The molecule has 1 fully saturated rings. The Hall–Kier alpha value is -1.13. The van der Waals surface area contributed by atoms with Gasteiger partial charge in [-0.1, -0.05) is 11.6 Å². The smallest absolute Gasteiger partial charge is 0.332 e. The van der Waals surface area contributed by atoms with Gasteiger partial charge in [-0.05, 0) is 46.6 Å². The van der Waals surface area contributed by atoms with Crippen molar-refractivity contribution in [3.05, 3.63) is 39.3 Å². The van der Waals surface area contributed by atoms with E-state index in [0.29, 0.717) is 22.7 Å². The summed E-state index contributed by atoms with van der Waals surface area (Å²) in [5.41, 5.74) is 0.0218. The lowest BCUT2D eigenvalue weighted by atomic mass is 9.94. The first-order valence-electron chi connectivity index (χ1n) is 7.43. The highest BCUT2D eigenvalue weighted by atomic mass is 79.9. The molecule has 1 unspecified atom stereocenters. The van der Waals surface area contributed by atoms with Crippen LogP contribution in [0, 0.1) is 0 Å². The molecule has 0 aromatic heterocycles. The molecule has 1 spiro atoms. The highest BCUT2D eigenvalue weighted by molar-refractivity contribution is 9.10. The van der Waals surface area contributed by atoms with Crippen molar-refractivity contribution in [3.8, 4) is 0 Å². The lowest BCUT2D eigenvalue weighted by Crippen LogP contribution is -2.41. The quantitative estimate of drug-likeness (QED) is 0.728. The second-order valence-corrected chi connectivity index (χ2v) is 8.87. The molecule has 0 radical (unpaired) electrons. The molecule has 0 bridgehead atoms. The monoisotopic (exact) mass is 451 g/mol. The Morgan fingerprint density at radius 1 is 1.36 bits per heavy atom. The van der Waals surface area contributed by atoms with Gasteiger partial charge in [0, 0.05) is 15.9 Å². The van der Waals surface area contributed by atoms with Gasteiger partial charge in [-0.15, -0.1) is 0 Å². The number of sulfonamides is 1. The lowest BCUT2D eigenvalue weighted by Gasteiger charge is -2.32. The van der Waals surface area contributed by atoms with E-state index in [9.17, 15) is 18.3 Å². The molecule has 1 aromatic rings. The van der Waals surface area contributed by atoms with Gasteiger partial charge in [0.05, 0.1) is 24.5 Å². The second kappa shape index (κ2) is 6.88. The van der Waals surface area contributed by atoms with E-state index in [1.807, 2.05) is 0 Å². The number of carboxylic acids is 1. The predicted octanol–water partition coefficient (Wildman–Crippen LogP) is 2.76. The summed E-state index contributed by atoms with van der Waals surface area (Å²) in [5, 5.41) is 8.70. The molecule has 7 nitrogen and oxygen atoms in total. The number of ether oxygens (including phenoxy) is 2. The molecular weight excluding hydrogens is 438 g/mol. The minimum absolute atomic E-state index is 0.0681. The fraction of sp³-hybridized carbons (Fsp3) is 0.400. The third-order valence-corrected chi connectivity index (χ3v) is 6.69. The Balaban J connectivity index is 1.92. The lowest BCUT2D eigenvalue weighted by molar-refractivity contribution is -0.138. The first-order chi connectivity index (χ1) is 11.7. The van der Waals surface area contributed by atoms with E-state index < -0.39 is 27.0 Å². The number of anilines is 1. The number of halogens is 2. The summed E-state index contributed by atoms with van der Waals surface area (Å²) in [4.78, 5) is 11.6. The number of aliphatic carboxylic acids is 1. The van der Waals surface area contributed by atoms with Crippen LogP contribution in [0.15, 0.2) is 34.3 Å². The largest absolute Gasteiger partial charge is 0.478 e. The van der Waals surface area contributed by atoms with E-state index in [1.165, 1.54) is 18.2 Å². The number of rotatable bonds is 4. The molecular formula is C15H15BrClNO6S. The van der Waals surface area contributed by atoms with Crippen molar-refractivity contribution < 1.29 is 27.8 Å². The highest BCUT2D eigenvalue weighted by Gasteiger charge is 2.45. The third-order valence-electron chi connectivity index (χ3n) is 4.06. The molecule has 10 heteroatoms. The fourth-order valence-corrected chi connectivity index (χ4v) is 5.38. The zero-order chi connectivity index (χ0) is 18.2. The summed E-state index contributed by atoms with van der Waals surface area (Å²) in [6.07, 6.45) is 1.60. The molecule has 25 heavy (non-hydrogen) atoms. The van der Waals surface area contributed by atoms with Crippen molar-refractivity contribution in [2.75, 3.05) is 17.9 Å². The van der Waals surface area contributed by atoms with Gasteiger partial charge in [0.1, 0.15) is 5.25 Å². The van der Waals surface area contributed by atoms with Crippen molar-refractivity contribution in [1.29, 1.82) is 0 Å². The van der Waals surface area contributed by atoms with Gasteiger partial charge in [0.2, 0.25) is 10.0 Å². The van der Waals surface area contributed by atoms with E-state index in [1.54, 1.807) is 6.07 Å². The molecule has 3 rings (SSSR count). The number of benzene rings is 1. The predicted molar refractivity (Wildman–Crippen MR) is 95.1 cm³/mol. The highest BCUT2D eigenvalue weighted by Crippen LogP contribution is 2.37. The van der Waals surface area contributed by atoms with Crippen LogP contribution in [0.2, 0.25) is 5.02 Å². The third kappa shape index (κ3) is 3.85. The standard InChI is InChI=1S/C15H15BrClNO6S/c16-11-7-9(17)1-2-12(11)18-25(21,22)13-3-4-15(23-5-6-24-15)8-10(13)14(19)20/h1-2,7-8,13,18H,3-6H2,(H,19,20). The molecule has 2 aliphatic rings. The molecule has 1 saturated heterocycles. The summed E-state index contributed by atoms with van der Waals surface area (Å²) in [6, 6.07) is 4.58. The summed E-state index contributed by atoms with van der Waals surface area (Å²) < 4.78 is 39.4. The maximum Gasteiger partial charge on any atom is 0.332 e. The zero-order valence-electron chi connectivity index (χ0n) is 12.9. The van der Waals surface area contributed by atoms with Crippen molar-refractivity contribution in [3.63, 3.8) is 0 Å². The van der Waals surface area contributed by atoms with Gasteiger partial charge >= 0.3 is 5.97 Å². The number of carbonyl (C=O) groups is 1. The maximum absolute atomic E-state index is 12.8. The maximum atomic E-state index is 12.8. The van der Waals surface area contributed by atoms with Gasteiger partial charge in [0.15, 0.2) is 5.79 Å². The Labute approximate surface area is 158 Å². The van der Waals surface area contributed by atoms with Crippen LogP contribution in [0.3, 0.4) is 0 Å². The summed E-state index contributed by atoms with van der Waals surface area (Å²) in [6.45, 7) is 0.688. The van der Waals surface area contributed by atoms with Gasteiger partial charge in [-0.3, -0.25) is 4.72 Å². The van der Waals surface area contributed by atoms with Crippen LogP contribution < -0.4 is 4.72 Å². The average Bonchev–Trinajstić information content (AvgIpc) is 2.97. The molecule has 1 aliphatic carbocycles. The van der Waals surface area contributed by atoms with Crippen LogP contribution in [0.1, 0.15) is 12.8 Å². The number of hydrogen-bond donors (Lipinski definition) is 2. The van der Waals surface area contributed by atoms with E-state index >= 15 is 0 Å². The van der Waals surface area contributed by atoms with Crippen LogP contribution in [0.4, 0.5) is 5.69 Å². The fourth-order valence-electron chi connectivity index (χ4n) is 2.91. The van der Waals surface area contributed by atoms with Gasteiger partial charge in [-0.2, -0.15) is 0 Å². The van der Waals surface area contributed by atoms with Crippen molar-refractivity contribution in [2.24, 2.45) is 0 Å². The molecule has 2 N–H and O–H groups in total. The molecule has 1 aromatic carbocycles. The SMILES string of the molecule is O=C(O)C1=CC2(CCC1S(=O)(=O)Nc1ccc(Cl)cc1Br)OCCO2. The zero-order valence-corrected chi connectivity index (χ0v) is 16.0. The number of carboxylic acid groups (broad SMARTS) is 1. The Kier molecular flexibility index (Phi) is 5.13. The molecule has 0 saturated carbocycles. The van der Waals surface area contributed by atoms with Gasteiger partial charge < -0.3 is 14.6 Å². The second-order valence-electron chi connectivity index (χ2n) is 5.71. The topological polar surface area (TPSA) is 102 Å². The minimum Gasteiger partial charge on any atom is -0.478 e. The minimum atomic E-state index is -4.00. The van der Waals surface area contributed by atoms with Crippen LogP contribution >= 0.6 is 27.5 Å². The van der Waals surface area contributed by atoms with E-state index in [0.717, 1.165) is 0 Å². The van der Waals surface area contributed by atoms with Crippen LogP contribution in [0.25, 0.3) is 0 Å². The summed E-state index contributed by atoms with van der Waals surface area (Å²) in [7, 11) is -4.00. The Morgan fingerprint density at radius 3 is 2.64 bits per heavy atom. The molecule has 1 heterocycles. The van der Waals surface area contributed by atoms with Gasteiger partial charge in [-0.25, -0.2) is 13.2 Å². The van der Waals surface area contributed by atoms with Gasteiger partial charge in [0.25, 0.3) is 0 Å². The first kappa shape index (κ1) is 18.7. The molecule has 0 amide bonds. The van der Waals surface area contributed by atoms with Crippen LogP contribution in [0.5, 0.6) is 0 Å². The van der Waals surface area contributed by atoms with Crippen LogP contribution in [-0.4, -0.2) is 43.7 Å². The Morgan fingerprint density at radius 2 is 2.04 bits per heavy atom. The first-order valence-corrected chi connectivity index (χ1v) is 10.1. The van der Waals surface area contributed by atoms with E-state index in [2.05, 4.69) is 20.7 Å². The normalized spacial score (nSPS) is 22.6.